The van der Waals surface area contributed by atoms with Crippen LogP contribution in [0.4, 0.5) is 5.69 Å². The number of carbonyl (C=O) groups is 1. The third-order valence-electron chi connectivity index (χ3n) is 4.73. The standard InChI is InChI=1S/C24H16BrCl2NO3S2/c1-30-20-10-15(9-19(27)22(20)31-13-14-5-3-2-4-6-14)11-21-23(29)28(24(32)33-21)16-7-8-17(25)18(26)12-16/h2-12H,13H2,1H3. The van der Waals surface area contributed by atoms with Crippen LogP contribution < -0.4 is 14.4 Å². The Morgan fingerprint density at radius 1 is 1.09 bits per heavy atom. The summed E-state index contributed by atoms with van der Waals surface area (Å²) in [6, 6.07) is 18.5. The zero-order valence-electron chi connectivity index (χ0n) is 17.2. The largest absolute Gasteiger partial charge is 0.493 e. The molecular weight excluding hydrogens is 565 g/mol. The fourth-order valence-electron chi connectivity index (χ4n) is 3.16. The molecule has 4 rings (SSSR count). The zero-order valence-corrected chi connectivity index (χ0v) is 21.9. The van der Waals surface area contributed by atoms with Crippen molar-refractivity contribution < 1.29 is 14.3 Å². The third kappa shape index (κ3) is 5.39. The van der Waals surface area contributed by atoms with Crippen LogP contribution in [-0.4, -0.2) is 17.3 Å². The molecule has 0 aromatic heterocycles. The van der Waals surface area contributed by atoms with E-state index in [9.17, 15) is 4.79 Å². The van der Waals surface area contributed by atoms with E-state index in [2.05, 4.69) is 15.9 Å². The summed E-state index contributed by atoms with van der Waals surface area (Å²) < 4.78 is 12.6. The van der Waals surface area contributed by atoms with E-state index in [1.165, 1.54) is 16.7 Å². The zero-order chi connectivity index (χ0) is 23.5. The number of carbonyl (C=O) groups excluding carboxylic acids is 1. The number of thioether (sulfide) groups is 1. The van der Waals surface area contributed by atoms with Crippen LogP contribution in [0.5, 0.6) is 11.5 Å². The molecule has 1 aliphatic rings. The molecule has 1 fully saturated rings. The Morgan fingerprint density at radius 2 is 1.85 bits per heavy atom. The van der Waals surface area contributed by atoms with Crippen LogP contribution in [0.15, 0.2) is 70.0 Å². The van der Waals surface area contributed by atoms with E-state index in [1.807, 2.05) is 30.3 Å². The molecule has 1 aliphatic heterocycles. The van der Waals surface area contributed by atoms with Gasteiger partial charge in [0, 0.05) is 4.47 Å². The van der Waals surface area contributed by atoms with Gasteiger partial charge in [0.2, 0.25) is 0 Å². The molecule has 0 aliphatic carbocycles. The van der Waals surface area contributed by atoms with Gasteiger partial charge in [-0.05, 0) is 63.5 Å². The number of anilines is 1. The molecule has 0 saturated carbocycles. The fourth-order valence-corrected chi connectivity index (χ4v) is 5.15. The Balaban J connectivity index is 1.59. The number of rotatable bonds is 6. The van der Waals surface area contributed by atoms with Gasteiger partial charge in [-0.25, -0.2) is 0 Å². The Morgan fingerprint density at radius 3 is 2.55 bits per heavy atom. The van der Waals surface area contributed by atoms with Gasteiger partial charge in [-0.1, -0.05) is 77.5 Å². The van der Waals surface area contributed by atoms with E-state index in [1.54, 1.807) is 43.5 Å². The van der Waals surface area contributed by atoms with E-state index >= 15 is 0 Å². The van der Waals surface area contributed by atoms with Crippen molar-refractivity contribution in [3.8, 4) is 11.5 Å². The molecule has 3 aromatic rings. The number of hydrogen-bond acceptors (Lipinski definition) is 5. The second-order valence-corrected chi connectivity index (χ2v) is 10.3. The van der Waals surface area contributed by atoms with Crippen molar-refractivity contribution in [1.82, 2.24) is 0 Å². The van der Waals surface area contributed by atoms with E-state index in [4.69, 9.17) is 44.9 Å². The van der Waals surface area contributed by atoms with Gasteiger partial charge in [-0.15, -0.1) is 0 Å². The molecule has 0 atom stereocenters. The second-order valence-electron chi connectivity index (χ2n) is 6.92. The van der Waals surface area contributed by atoms with Crippen molar-refractivity contribution in [2.24, 2.45) is 0 Å². The molecule has 33 heavy (non-hydrogen) atoms. The Labute approximate surface area is 219 Å². The SMILES string of the molecule is COc1cc(C=C2SC(=S)N(c3ccc(Br)c(Cl)c3)C2=O)cc(Cl)c1OCc1ccccc1. The molecule has 0 radical (unpaired) electrons. The molecule has 1 amide bonds. The number of methoxy groups -OCH3 is 1. The minimum absolute atomic E-state index is 0.233. The highest BCUT2D eigenvalue weighted by molar-refractivity contribution is 9.10. The molecule has 0 spiro atoms. The number of benzene rings is 3. The molecule has 1 saturated heterocycles. The summed E-state index contributed by atoms with van der Waals surface area (Å²) >= 11 is 22.7. The Hall–Kier alpha value is -2.03. The molecular formula is C24H16BrCl2NO3S2. The second kappa shape index (κ2) is 10.5. The first-order valence-electron chi connectivity index (χ1n) is 9.64. The van der Waals surface area contributed by atoms with Crippen molar-refractivity contribution in [3.63, 3.8) is 0 Å². The van der Waals surface area contributed by atoms with Gasteiger partial charge in [0.1, 0.15) is 6.61 Å². The van der Waals surface area contributed by atoms with Gasteiger partial charge in [-0.2, -0.15) is 0 Å². The topological polar surface area (TPSA) is 38.8 Å². The summed E-state index contributed by atoms with van der Waals surface area (Å²) in [4.78, 5) is 15.0. The molecule has 1 heterocycles. The first-order chi connectivity index (χ1) is 15.9. The highest BCUT2D eigenvalue weighted by Crippen LogP contribution is 2.41. The van der Waals surface area contributed by atoms with Crippen LogP contribution in [0, 0.1) is 0 Å². The predicted molar refractivity (Wildman–Crippen MR) is 144 cm³/mol. The summed E-state index contributed by atoms with van der Waals surface area (Å²) in [5, 5.41) is 0.875. The van der Waals surface area contributed by atoms with Gasteiger partial charge < -0.3 is 9.47 Å². The smallest absolute Gasteiger partial charge is 0.270 e. The van der Waals surface area contributed by atoms with Crippen molar-refractivity contribution in [2.75, 3.05) is 12.0 Å². The normalized spacial score (nSPS) is 14.8. The molecule has 0 bridgehead atoms. The lowest BCUT2D eigenvalue weighted by Crippen LogP contribution is -2.27. The van der Waals surface area contributed by atoms with Crippen LogP contribution in [0.1, 0.15) is 11.1 Å². The Kier molecular flexibility index (Phi) is 7.66. The van der Waals surface area contributed by atoms with Crippen molar-refractivity contribution in [1.29, 1.82) is 0 Å². The quantitative estimate of drug-likeness (QED) is 0.220. The number of nitrogens with zero attached hydrogens (tertiary/aromatic N) is 1. The van der Waals surface area contributed by atoms with Crippen LogP contribution in [-0.2, 0) is 11.4 Å². The minimum Gasteiger partial charge on any atom is -0.493 e. The van der Waals surface area contributed by atoms with E-state index in [0.29, 0.717) is 48.6 Å². The highest BCUT2D eigenvalue weighted by Gasteiger charge is 2.33. The molecule has 0 unspecified atom stereocenters. The van der Waals surface area contributed by atoms with Crippen molar-refractivity contribution in [3.05, 3.63) is 91.2 Å². The van der Waals surface area contributed by atoms with E-state index in [0.717, 1.165) is 10.0 Å². The summed E-state index contributed by atoms with van der Waals surface area (Å²) in [6.07, 6.45) is 1.73. The Bertz CT molecular complexity index is 1270. The highest BCUT2D eigenvalue weighted by atomic mass is 79.9. The first-order valence-corrected chi connectivity index (χ1v) is 12.4. The van der Waals surface area contributed by atoms with Crippen LogP contribution in [0.2, 0.25) is 10.0 Å². The van der Waals surface area contributed by atoms with Crippen LogP contribution >= 0.6 is 63.1 Å². The summed E-state index contributed by atoms with van der Waals surface area (Å²) in [5.74, 6) is 0.681. The lowest BCUT2D eigenvalue weighted by atomic mass is 10.1. The average Bonchev–Trinajstić information content (AvgIpc) is 3.08. The number of ether oxygens (including phenoxy) is 2. The summed E-state index contributed by atoms with van der Waals surface area (Å²) in [6.45, 7) is 0.352. The number of hydrogen-bond donors (Lipinski definition) is 0. The number of amides is 1. The maximum absolute atomic E-state index is 13.1. The van der Waals surface area contributed by atoms with Crippen LogP contribution in [0.25, 0.3) is 6.08 Å². The fraction of sp³-hybridized carbons (Fsp3) is 0.0833. The maximum Gasteiger partial charge on any atom is 0.270 e. The van der Waals surface area contributed by atoms with Gasteiger partial charge >= 0.3 is 0 Å². The van der Waals surface area contributed by atoms with Crippen molar-refractivity contribution >= 4 is 85.1 Å². The number of halogens is 3. The average molecular weight is 581 g/mol. The lowest BCUT2D eigenvalue weighted by molar-refractivity contribution is -0.113. The monoisotopic (exact) mass is 579 g/mol. The summed E-state index contributed by atoms with van der Waals surface area (Å²) in [7, 11) is 1.54. The third-order valence-corrected chi connectivity index (χ3v) is 7.55. The van der Waals surface area contributed by atoms with E-state index in [-0.39, 0.29) is 5.91 Å². The minimum atomic E-state index is -0.233. The predicted octanol–water partition coefficient (Wildman–Crippen LogP) is 7.75. The number of thiocarbonyl (C=S) groups is 1. The van der Waals surface area contributed by atoms with Crippen molar-refractivity contribution in [2.45, 2.75) is 6.61 Å². The molecule has 0 N–H and O–H groups in total. The molecule has 9 heteroatoms. The molecule has 168 valence electrons. The first kappa shape index (κ1) is 24.1. The molecule has 3 aromatic carbocycles. The summed E-state index contributed by atoms with van der Waals surface area (Å²) in [5.41, 5.74) is 2.31. The lowest BCUT2D eigenvalue weighted by Gasteiger charge is -2.15. The van der Waals surface area contributed by atoms with Gasteiger partial charge in [0.15, 0.2) is 15.8 Å². The van der Waals surface area contributed by atoms with Gasteiger partial charge in [-0.3, -0.25) is 9.69 Å². The van der Waals surface area contributed by atoms with Gasteiger partial charge in [0.25, 0.3) is 5.91 Å². The van der Waals surface area contributed by atoms with E-state index < -0.39 is 0 Å². The molecule has 4 nitrogen and oxygen atoms in total. The van der Waals surface area contributed by atoms with Crippen LogP contribution in [0.3, 0.4) is 0 Å². The maximum atomic E-state index is 13.1. The van der Waals surface area contributed by atoms with Gasteiger partial charge in [0.05, 0.1) is 27.7 Å².